The lowest BCUT2D eigenvalue weighted by molar-refractivity contribution is 0.0498. The van der Waals surface area contributed by atoms with Crippen molar-refractivity contribution >= 4 is 34.7 Å². The van der Waals surface area contributed by atoms with Gasteiger partial charge in [0.2, 0.25) is 5.82 Å². The van der Waals surface area contributed by atoms with Crippen molar-refractivity contribution in [2.24, 2.45) is 5.92 Å². The average molecular weight is 664 g/mol. The number of carbonyl (C=O) groups excluding carboxylic acids is 1. The monoisotopic (exact) mass is 663 g/mol. The summed E-state index contributed by atoms with van der Waals surface area (Å²) in [6.07, 6.45) is 4.50. The predicted molar refractivity (Wildman–Crippen MR) is 175 cm³/mol. The Bertz CT molecular complexity index is 1800. The molecule has 11 nitrogen and oxygen atoms in total. The highest BCUT2D eigenvalue weighted by Crippen LogP contribution is 2.32. The van der Waals surface area contributed by atoms with Gasteiger partial charge >= 0.3 is 0 Å². The maximum atomic E-state index is 15.0. The summed E-state index contributed by atoms with van der Waals surface area (Å²) in [5.74, 6) is -1.65. The second-order valence-electron chi connectivity index (χ2n) is 12.1. The third-order valence-corrected chi connectivity index (χ3v) is 8.87. The number of nitrogens with zero attached hydrogens (tertiary/aromatic N) is 8. The van der Waals surface area contributed by atoms with Gasteiger partial charge in [0.05, 0.1) is 22.5 Å². The van der Waals surface area contributed by atoms with Crippen molar-refractivity contribution in [2.45, 2.75) is 0 Å². The zero-order valence-corrected chi connectivity index (χ0v) is 27.1. The van der Waals surface area contributed by atoms with Crippen LogP contribution in [0.2, 0.25) is 5.02 Å². The molecular formula is C33H36ClF2N9O2. The molecule has 6 rings (SSSR count). The number of amides is 1. The second kappa shape index (κ2) is 14.2. The van der Waals surface area contributed by atoms with Gasteiger partial charge in [0, 0.05) is 82.5 Å². The smallest absolute Gasteiger partial charge is 0.255 e. The third-order valence-electron chi connectivity index (χ3n) is 8.55. The number of imidazole rings is 1. The predicted octanol–water partition coefficient (Wildman–Crippen LogP) is 4.23. The van der Waals surface area contributed by atoms with Gasteiger partial charge < -0.3 is 24.8 Å². The first-order valence-electron chi connectivity index (χ1n) is 15.5. The highest BCUT2D eigenvalue weighted by atomic mass is 35.5. The molecule has 1 N–H and O–H groups in total. The maximum Gasteiger partial charge on any atom is 0.255 e. The first kappa shape index (κ1) is 32.6. The number of ether oxygens (including phenoxy) is 1. The Labute approximate surface area is 276 Å². The van der Waals surface area contributed by atoms with Crippen LogP contribution in [0.15, 0.2) is 48.9 Å². The van der Waals surface area contributed by atoms with Crippen LogP contribution >= 0.6 is 11.6 Å². The van der Waals surface area contributed by atoms with Crippen LogP contribution in [0, 0.1) is 28.9 Å². The Morgan fingerprint density at radius 1 is 1.09 bits per heavy atom. The van der Waals surface area contributed by atoms with E-state index in [1.54, 1.807) is 34.9 Å². The molecule has 0 spiro atoms. The molecule has 2 aliphatic rings. The Hall–Kier alpha value is -4.35. The lowest BCUT2D eigenvalue weighted by Crippen LogP contribution is -2.54. The minimum Gasteiger partial charge on any atom is -0.476 e. The van der Waals surface area contributed by atoms with E-state index in [9.17, 15) is 13.6 Å². The summed E-state index contributed by atoms with van der Waals surface area (Å²) >= 11 is 6.61. The van der Waals surface area contributed by atoms with Crippen LogP contribution in [0.5, 0.6) is 5.75 Å². The molecule has 0 atom stereocenters. The van der Waals surface area contributed by atoms with Crippen LogP contribution in [0.3, 0.4) is 0 Å². The summed E-state index contributed by atoms with van der Waals surface area (Å²) < 4.78 is 36.1. The van der Waals surface area contributed by atoms with Crippen molar-refractivity contribution in [1.29, 1.82) is 5.26 Å². The summed E-state index contributed by atoms with van der Waals surface area (Å²) in [6, 6.07) is 9.46. The second-order valence-corrected chi connectivity index (χ2v) is 12.5. The molecule has 0 radical (unpaired) electrons. The fourth-order valence-electron chi connectivity index (χ4n) is 6.18. The summed E-state index contributed by atoms with van der Waals surface area (Å²) in [6.45, 7) is 8.07. The van der Waals surface area contributed by atoms with Gasteiger partial charge in [-0.2, -0.15) is 9.65 Å². The molecule has 4 heterocycles. The van der Waals surface area contributed by atoms with Crippen molar-refractivity contribution in [1.82, 2.24) is 34.0 Å². The Balaban J connectivity index is 1.07. The van der Waals surface area contributed by atoms with Crippen molar-refractivity contribution in [3.05, 3.63) is 71.1 Å². The van der Waals surface area contributed by atoms with Crippen LogP contribution in [-0.2, 0) is 0 Å². The molecule has 2 aromatic carbocycles. The summed E-state index contributed by atoms with van der Waals surface area (Å²) in [7, 11) is 4.24. The number of aromatic nitrogens is 3. The third kappa shape index (κ3) is 7.16. The number of hydrogen-bond donors (Lipinski definition) is 1. The van der Waals surface area contributed by atoms with Gasteiger partial charge in [0.25, 0.3) is 5.91 Å². The van der Waals surface area contributed by atoms with E-state index in [2.05, 4.69) is 44.1 Å². The molecule has 2 aromatic heterocycles. The zero-order valence-electron chi connectivity index (χ0n) is 26.3. The van der Waals surface area contributed by atoms with Crippen LogP contribution in [0.1, 0.15) is 10.4 Å². The summed E-state index contributed by atoms with van der Waals surface area (Å²) in [5.41, 5.74) is 1.63. The van der Waals surface area contributed by atoms with Crippen molar-refractivity contribution in [3.8, 4) is 23.1 Å². The van der Waals surface area contributed by atoms with Crippen molar-refractivity contribution in [3.63, 3.8) is 0 Å². The highest BCUT2D eigenvalue weighted by Gasteiger charge is 2.28. The van der Waals surface area contributed by atoms with Gasteiger partial charge in [0.15, 0.2) is 29.6 Å². The quantitative estimate of drug-likeness (QED) is 0.253. The molecule has 246 valence electrons. The molecule has 2 fully saturated rings. The number of anilines is 2. The average Bonchev–Trinajstić information content (AvgIpc) is 3.47. The molecule has 0 bridgehead atoms. The van der Waals surface area contributed by atoms with Crippen molar-refractivity contribution in [2.75, 3.05) is 84.9 Å². The molecule has 0 saturated carbocycles. The number of nitriles is 1. The molecule has 47 heavy (non-hydrogen) atoms. The van der Waals surface area contributed by atoms with Gasteiger partial charge in [-0.15, -0.1) is 0 Å². The number of hydrogen-bond acceptors (Lipinski definition) is 9. The molecule has 4 aromatic rings. The highest BCUT2D eigenvalue weighted by molar-refractivity contribution is 6.34. The topological polar surface area (TPSA) is 105 Å². The molecule has 2 saturated heterocycles. The first-order valence-corrected chi connectivity index (χ1v) is 15.8. The maximum absolute atomic E-state index is 15.0. The van der Waals surface area contributed by atoms with E-state index in [0.29, 0.717) is 46.5 Å². The van der Waals surface area contributed by atoms with Crippen LogP contribution < -0.4 is 10.1 Å². The summed E-state index contributed by atoms with van der Waals surface area (Å²) in [4.78, 5) is 31.1. The van der Waals surface area contributed by atoms with Gasteiger partial charge in [-0.1, -0.05) is 11.6 Å². The lowest BCUT2D eigenvalue weighted by atomic mass is 10.00. The SMILES string of the molecule is CN(C)CC1CN(CCN2CCN(C(=O)c3ccc(Nc4nccn5c(-c6ccc(OCC#N)c(F)c6F)cnc45)cc3Cl)CC2)C1. The van der Waals surface area contributed by atoms with Crippen LogP contribution in [0.25, 0.3) is 16.9 Å². The summed E-state index contributed by atoms with van der Waals surface area (Å²) in [5, 5.41) is 12.1. The van der Waals surface area contributed by atoms with Crippen molar-refractivity contribution < 1.29 is 18.3 Å². The van der Waals surface area contributed by atoms with Gasteiger partial charge in [-0.25, -0.2) is 14.4 Å². The number of fused-ring (bicyclic) bond motifs is 1. The lowest BCUT2D eigenvalue weighted by Gasteiger charge is -2.42. The molecular weight excluding hydrogens is 628 g/mol. The van der Waals surface area contributed by atoms with Gasteiger partial charge in [0.1, 0.15) is 6.07 Å². The van der Waals surface area contributed by atoms with E-state index in [4.69, 9.17) is 21.6 Å². The van der Waals surface area contributed by atoms with Crippen LogP contribution in [0.4, 0.5) is 20.3 Å². The number of carbonyl (C=O) groups is 1. The fourth-order valence-corrected chi connectivity index (χ4v) is 6.44. The Morgan fingerprint density at radius 3 is 2.57 bits per heavy atom. The minimum absolute atomic E-state index is 0.0342. The Kier molecular flexibility index (Phi) is 9.84. The number of piperazine rings is 1. The minimum atomic E-state index is -1.19. The van der Waals surface area contributed by atoms with E-state index >= 15 is 0 Å². The molecule has 2 aliphatic heterocycles. The number of nitrogens with one attached hydrogen (secondary N) is 1. The molecule has 0 aliphatic carbocycles. The van der Waals surface area contributed by atoms with E-state index < -0.39 is 18.2 Å². The fraction of sp³-hybridized carbons (Fsp3) is 0.394. The molecule has 1 amide bonds. The van der Waals surface area contributed by atoms with Gasteiger partial charge in [-0.3, -0.25) is 14.1 Å². The molecule has 14 heteroatoms. The normalized spacial score (nSPS) is 16.0. The van der Waals surface area contributed by atoms with E-state index in [-0.39, 0.29) is 17.2 Å². The number of rotatable bonds is 11. The first-order chi connectivity index (χ1) is 22.7. The molecule has 0 unspecified atom stereocenters. The standard InChI is InChI=1S/C33H36ClF2N9O2/c1-41(2)19-22-20-43(21-22)11-10-42-12-14-44(15-13-42)33(46)24-4-3-23(17-26(24)34)40-31-32-39-18-27(45(32)9-8-38-31)25-5-6-28(47-16-7-37)30(36)29(25)35/h3-6,8-9,17-18,22H,10-16,19-21H2,1-2H3,(H,38,40). The Morgan fingerprint density at radius 2 is 1.85 bits per heavy atom. The number of likely N-dealkylation sites (tertiary alicyclic amines) is 1. The van der Waals surface area contributed by atoms with E-state index in [1.807, 2.05) is 4.90 Å². The van der Waals surface area contributed by atoms with E-state index in [0.717, 1.165) is 51.7 Å². The zero-order chi connectivity index (χ0) is 33.1. The van der Waals surface area contributed by atoms with Crippen LogP contribution in [-0.4, -0.2) is 119 Å². The van der Waals surface area contributed by atoms with E-state index in [1.165, 1.54) is 24.5 Å². The number of halogens is 3. The largest absolute Gasteiger partial charge is 0.476 e. The number of benzene rings is 2. The van der Waals surface area contributed by atoms with Gasteiger partial charge in [-0.05, 0) is 50.3 Å².